The maximum atomic E-state index is 13.1. The van der Waals surface area contributed by atoms with Crippen molar-refractivity contribution in [1.82, 2.24) is 0 Å². The molecule has 0 unspecified atom stereocenters. The zero-order valence-electron chi connectivity index (χ0n) is 6.87. The van der Waals surface area contributed by atoms with Crippen molar-refractivity contribution in [3.8, 4) is 0 Å². The van der Waals surface area contributed by atoms with E-state index in [-0.39, 0.29) is 10.4 Å². The van der Waals surface area contributed by atoms with Crippen LogP contribution < -0.4 is 0 Å². The topological polar surface area (TPSA) is 0 Å². The lowest BCUT2D eigenvalue weighted by atomic mass is 10.0. The minimum absolute atomic E-state index is 0.00704. The maximum Gasteiger partial charge on any atom is 0.173 e. The second-order valence-electron chi connectivity index (χ2n) is 2.92. The quantitative estimate of drug-likeness (QED) is 0.648. The van der Waals surface area contributed by atoms with Gasteiger partial charge in [-0.05, 0) is 33.5 Å². The standard InChI is InChI=1S/C9H9BrF2/c1-5(2)6-3-4-7(10)9(12)8(6)11/h3-5H,1-2H3. The van der Waals surface area contributed by atoms with E-state index in [1.54, 1.807) is 6.07 Å². The van der Waals surface area contributed by atoms with Crippen LogP contribution in [-0.2, 0) is 0 Å². The SMILES string of the molecule is CC(C)c1ccc(Br)c(F)c1F. The fourth-order valence-electron chi connectivity index (χ4n) is 0.987. The highest BCUT2D eigenvalue weighted by atomic mass is 79.9. The molecule has 0 N–H and O–H groups in total. The van der Waals surface area contributed by atoms with Crippen LogP contribution in [0.25, 0.3) is 0 Å². The molecule has 0 aliphatic carbocycles. The minimum atomic E-state index is -0.804. The fraction of sp³-hybridized carbons (Fsp3) is 0.333. The summed E-state index contributed by atoms with van der Waals surface area (Å²) < 4.78 is 26.2. The molecule has 3 heteroatoms. The van der Waals surface area contributed by atoms with Gasteiger partial charge in [-0.3, -0.25) is 0 Å². The number of hydrogen-bond acceptors (Lipinski definition) is 0. The summed E-state index contributed by atoms with van der Waals surface area (Å²) >= 11 is 2.91. The number of benzene rings is 1. The van der Waals surface area contributed by atoms with Crippen LogP contribution in [0.3, 0.4) is 0 Å². The molecule has 0 atom stereocenters. The molecular formula is C9H9BrF2. The Hall–Kier alpha value is -0.440. The summed E-state index contributed by atoms with van der Waals surface area (Å²) in [5.41, 5.74) is 0.413. The first kappa shape index (κ1) is 9.65. The number of rotatable bonds is 1. The van der Waals surface area contributed by atoms with E-state index in [4.69, 9.17) is 0 Å². The van der Waals surface area contributed by atoms with Gasteiger partial charge in [0.2, 0.25) is 0 Å². The first-order valence-corrected chi connectivity index (χ1v) is 4.46. The molecule has 0 aliphatic heterocycles. The smallest absolute Gasteiger partial charge is 0.173 e. The third-order valence-corrected chi connectivity index (χ3v) is 2.30. The zero-order valence-corrected chi connectivity index (χ0v) is 8.45. The number of halogens is 3. The molecule has 1 aromatic carbocycles. The van der Waals surface area contributed by atoms with Crippen LogP contribution in [0.2, 0.25) is 0 Å². The van der Waals surface area contributed by atoms with Crippen molar-refractivity contribution < 1.29 is 8.78 Å². The summed E-state index contributed by atoms with van der Waals surface area (Å²) in [6.45, 7) is 3.65. The Kier molecular flexibility index (Phi) is 2.83. The van der Waals surface area contributed by atoms with Crippen LogP contribution in [0, 0.1) is 11.6 Å². The highest BCUT2D eigenvalue weighted by Gasteiger charge is 2.13. The maximum absolute atomic E-state index is 13.1. The monoisotopic (exact) mass is 234 g/mol. The third kappa shape index (κ3) is 1.66. The van der Waals surface area contributed by atoms with Gasteiger partial charge in [-0.2, -0.15) is 0 Å². The van der Waals surface area contributed by atoms with Gasteiger partial charge in [-0.1, -0.05) is 19.9 Å². The van der Waals surface area contributed by atoms with Gasteiger partial charge in [0.05, 0.1) is 4.47 Å². The normalized spacial score (nSPS) is 10.8. The predicted octanol–water partition coefficient (Wildman–Crippen LogP) is 3.85. The Bertz CT molecular complexity index is 295. The van der Waals surface area contributed by atoms with Gasteiger partial charge < -0.3 is 0 Å². The first-order valence-electron chi connectivity index (χ1n) is 3.67. The van der Waals surface area contributed by atoms with Gasteiger partial charge in [-0.15, -0.1) is 0 Å². The largest absolute Gasteiger partial charge is 0.203 e. The highest BCUT2D eigenvalue weighted by Crippen LogP contribution is 2.25. The fourth-order valence-corrected chi connectivity index (χ4v) is 1.29. The van der Waals surface area contributed by atoms with E-state index in [0.29, 0.717) is 5.56 Å². The van der Waals surface area contributed by atoms with Crippen molar-refractivity contribution in [2.45, 2.75) is 19.8 Å². The Labute approximate surface area is 78.7 Å². The Morgan fingerprint density at radius 2 is 1.75 bits per heavy atom. The summed E-state index contributed by atoms with van der Waals surface area (Å²) in [5, 5.41) is 0. The van der Waals surface area contributed by atoms with Gasteiger partial charge in [0.1, 0.15) is 0 Å². The van der Waals surface area contributed by atoms with Crippen molar-refractivity contribution in [1.29, 1.82) is 0 Å². The summed E-state index contributed by atoms with van der Waals surface area (Å²) in [5.74, 6) is -1.55. The molecule has 1 rings (SSSR count). The molecule has 0 amide bonds. The predicted molar refractivity (Wildman–Crippen MR) is 48.1 cm³/mol. The number of hydrogen-bond donors (Lipinski definition) is 0. The minimum Gasteiger partial charge on any atom is -0.203 e. The molecule has 0 heterocycles. The molecule has 0 spiro atoms. The van der Waals surface area contributed by atoms with Gasteiger partial charge in [-0.25, -0.2) is 8.78 Å². The van der Waals surface area contributed by atoms with E-state index in [1.165, 1.54) is 6.07 Å². The van der Waals surface area contributed by atoms with E-state index < -0.39 is 11.6 Å². The van der Waals surface area contributed by atoms with E-state index >= 15 is 0 Å². The second kappa shape index (κ2) is 3.52. The van der Waals surface area contributed by atoms with E-state index in [9.17, 15) is 8.78 Å². The summed E-state index contributed by atoms with van der Waals surface area (Å²) in [7, 11) is 0. The Morgan fingerprint density at radius 1 is 1.17 bits per heavy atom. The van der Waals surface area contributed by atoms with Gasteiger partial charge in [0, 0.05) is 0 Å². The summed E-state index contributed by atoms with van der Waals surface area (Å²) in [4.78, 5) is 0. The first-order chi connectivity index (χ1) is 5.54. The molecule has 0 saturated carbocycles. The van der Waals surface area contributed by atoms with Crippen LogP contribution in [0.5, 0.6) is 0 Å². The van der Waals surface area contributed by atoms with Gasteiger partial charge >= 0.3 is 0 Å². The second-order valence-corrected chi connectivity index (χ2v) is 3.77. The van der Waals surface area contributed by atoms with Crippen molar-refractivity contribution in [3.63, 3.8) is 0 Å². The van der Waals surface area contributed by atoms with E-state index in [2.05, 4.69) is 15.9 Å². The highest BCUT2D eigenvalue weighted by molar-refractivity contribution is 9.10. The summed E-state index contributed by atoms with van der Waals surface area (Å²) in [6.07, 6.45) is 0. The van der Waals surface area contributed by atoms with E-state index in [1.807, 2.05) is 13.8 Å². The molecule has 0 fully saturated rings. The molecule has 0 aliphatic rings. The van der Waals surface area contributed by atoms with Crippen molar-refractivity contribution in [2.24, 2.45) is 0 Å². The molecule has 12 heavy (non-hydrogen) atoms. The van der Waals surface area contributed by atoms with Gasteiger partial charge in [0.15, 0.2) is 11.6 Å². The Balaban J connectivity index is 3.27. The van der Waals surface area contributed by atoms with Crippen molar-refractivity contribution in [3.05, 3.63) is 33.8 Å². The van der Waals surface area contributed by atoms with Crippen molar-refractivity contribution in [2.75, 3.05) is 0 Å². The van der Waals surface area contributed by atoms with Gasteiger partial charge in [0.25, 0.3) is 0 Å². The lowest BCUT2D eigenvalue weighted by molar-refractivity contribution is 0.490. The Morgan fingerprint density at radius 3 is 2.25 bits per heavy atom. The molecule has 0 aromatic heterocycles. The van der Waals surface area contributed by atoms with Crippen LogP contribution in [-0.4, -0.2) is 0 Å². The van der Waals surface area contributed by atoms with Crippen LogP contribution in [0.4, 0.5) is 8.78 Å². The average Bonchev–Trinajstić information content (AvgIpc) is 2.00. The zero-order chi connectivity index (χ0) is 9.30. The molecule has 0 nitrogen and oxygen atoms in total. The molecule has 1 aromatic rings. The van der Waals surface area contributed by atoms with E-state index in [0.717, 1.165) is 0 Å². The third-order valence-electron chi connectivity index (χ3n) is 1.69. The molecular weight excluding hydrogens is 226 g/mol. The molecule has 0 bridgehead atoms. The molecule has 0 radical (unpaired) electrons. The molecule has 0 saturated heterocycles. The lowest BCUT2D eigenvalue weighted by Crippen LogP contribution is -1.96. The van der Waals surface area contributed by atoms with Crippen LogP contribution in [0.15, 0.2) is 16.6 Å². The average molecular weight is 235 g/mol. The van der Waals surface area contributed by atoms with Crippen LogP contribution in [0.1, 0.15) is 25.3 Å². The molecule has 66 valence electrons. The van der Waals surface area contributed by atoms with Crippen molar-refractivity contribution >= 4 is 15.9 Å². The van der Waals surface area contributed by atoms with Crippen LogP contribution >= 0.6 is 15.9 Å². The lowest BCUT2D eigenvalue weighted by Gasteiger charge is -2.07. The summed E-state index contributed by atoms with van der Waals surface area (Å²) in [6, 6.07) is 3.11.